The Morgan fingerprint density at radius 1 is 1.41 bits per heavy atom. The Hall–Kier alpha value is -2.62. The Morgan fingerprint density at radius 3 is 3.14 bits per heavy atom. The third-order valence-electron chi connectivity index (χ3n) is 4.46. The highest BCUT2D eigenvalue weighted by Crippen LogP contribution is 2.34. The number of fused-ring (bicyclic) bond motifs is 1. The van der Waals surface area contributed by atoms with Gasteiger partial charge in [0.25, 0.3) is 5.91 Å². The number of amides is 1. The van der Waals surface area contributed by atoms with Gasteiger partial charge < -0.3 is 9.40 Å². The summed E-state index contributed by atoms with van der Waals surface area (Å²) in [4.78, 5) is 25.7. The highest BCUT2D eigenvalue weighted by molar-refractivity contribution is 7.99. The number of pyridine rings is 1. The highest BCUT2D eigenvalue weighted by Gasteiger charge is 2.35. The van der Waals surface area contributed by atoms with Crippen LogP contribution in [0.15, 0.2) is 62.8 Å². The van der Waals surface area contributed by atoms with E-state index in [1.165, 1.54) is 16.8 Å². The molecule has 0 saturated carbocycles. The van der Waals surface area contributed by atoms with Crippen LogP contribution in [0.4, 0.5) is 0 Å². The Kier molecular flexibility index (Phi) is 4.86. The van der Waals surface area contributed by atoms with Crippen LogP contribution in [0.1, 0.15) is 23.1 Å². The molecule has 0 radical (unpaired) electrons. The van der Waals surface area contributed by atoms with Crippen molar-refractivity contribution >= 4 is 57.5 Å². The normalized spacial score (nSPS) is 16.5. The fourth-order valence-corrected chi connectivity index (χ4v) is 4.76. The second-order valence-corrected chi connectivity index (χ2v) is 8.70. The number of imidazole rings is 1. The molecule has 1 atom stereocenters. The van der Waals surface area contributed by atoms with E-state index >= 15 is 0 Å². The van der Waals surface area contributed by atoms with E-state index in [2.05, 4.69) is 20.1 Å². The molecule has 0 aromatic carbocycles. The number of carbonyl (C=O) groups is 1. The molecule has 1 aliphatic rings. The Balaban J connectivity index is 1.35. The number of furan rings is 1. The molecule has 4 aromatic heterocycles. The van der Waals surface area contributed by atoms with E-state index < -0.39 is 0 Å². The maximum atomic E-state index is 13.0. The largest absolute Gasteiger partial charge is 0.467 e. The lowest BCUT2D eigenvalue weighted by Crippen LogP contribution is -2.28. The van der Waals surface area contributed by atoms with Crippen molar-refractivity contribution in [1.29, 1.82) is 0 Å². The van der Waals surface area contributed by atoms with Crippen molar-refractivity contribution in [2.24, 2.45) is 5.10 Å². The Labute approximate surface area is 178 Å². The molecule has 5 heterocycles. The van der Waals surface area contributed by atoms with Gasteiger partial charge in [-0.25, -0.2) is 15.0 Å². The standard InChI is InChI=1S/C19H14ClN5O2S2/c20-11-7-13-18(21-9-11)23-19(22-13)29-10-17(26)25-14(15-3-1-5-27-15)8-12(24-25)16-4-2-6-28-16/h1-7,9,14H,8,10H2,(H,21,22,23). The number of hydrogen-bond acceptors (Lipinski definition) is 7. The van der Waals surface area contributed by atoms with Crippen molar-refractivity contribution in [1.82, 2.24) is 20.0 Å². The van der Waals surface area contributed by atoms with Crippen LogP contribution in [0.25, 0.3) is 11.2 Å². The van der Waals surface area contributed by atoms with Crippen LogP contribution < -0.4 is 0 Å². The number of nitrogens with zero attached hydrogens (tertiary/aromatic N) is 4. The summed E-state index contributed by atoms with van der Waals surface area (Å²) in [7, 11) is 0. The first-order chi connectivity index (χ1) is 14.2. The number of thioether (sulfide) groups is 1. The molecule has 4 aromatic rings. The molecule has 10 heteroatoms. The summed E-state index contributed by atoms with van der Waals surface area (Å²) in [5, 5.41) is 9.28. The zero-order valence-electron chi connectivity index (χ0n) is 14.9. The summed E-state index contributed by atoms with van der Waals surface area (Å²) < 4.78 is 5.57. The fraction of sp³-hybridized carbons (Fsp3) is 0.158. The van der Waals surface area contributed by atoms with Crippen LogP contribution in [0.2, 0.25) is 5.02 Å². The van der Waals surface area contributed by atoms with Gasteiger partial charge in [-0.15, -0.1) is 11.3 Å². The second-order valence-electron chi connectivity index (χ2n) is 6.35. The molecule has 1 amide bonds. The van der Waals surface area contributed by atoms with Crippen molar-refractivity contribution in [3.63, 3.8) is 0 Å². The molecule has 0 fully saturated rings. The predicted octanol–water partition coefficient (Wildman–Crippen LogP) is 4.74. The van der Waals surface area contributed by atoms with E-state index in [0.29, 0.717) is 22.2 Å². The maximum Gasteiger partial charge on any atom is 0.253 e. The number of aromatic nitrogens is 3. The number of halogens is 1. The van der Waals surface area contributed by atoms with E-state index in [4.69, 9.17) is 16.0 Å². The van der Waals surface area contributed by atoms with Crippen molar-refractivity contribution in [2.45, 2.75) is 17.6 Å². The number of hydrazone groups is 1. The minimum atomic E-state index is -0.244. The smallest absolute Gasteiger partial charge is 0.253 e. The highest BCUT2D eigenvalue weighted by atomic mass is 35.5. The summed E-state index contributed by atoms with van der Waals surface area (Å²) >= 11 is 8.88. The first kappa shape index (κ1) is 18.4. The van der Waals surface area contributed by atoms with Crippen LogP contribution >= 0.6 is 34.7 Å². The van der Waals surface area contributed by atoms with Crippen LogP contribution in [0.5, 0.6) is 0 Å². The Bertz CT molecular complexity index is 1190. The SMILES string of the molecule is O=C(CSc1nc2ncc(Cl)cc2[nH]1)N1N=C(c2cccs2)CC1c1ccco1. The van der Waals surface area contributed by atoms with Gasteiger partial charge in [0.2, 0.25) is 0 Å². The van der Waals surface area contributed by atoms with Crippen molar-refractivity contribution in [2.75, 3.05) is 5.75 Å². The van der Waals surface area contributed by atoms with Gasteiger partial charge in [-0.3, -0.25) is 4.79 Å². The number of thiophene rings is 1. The zero-order valence-corrected chi connectivity index (χ0v) is 17.3. The molecule has 0 aliphatic carbocycles. The topological polar surface area (TPSA) is 87.4 Å². The van der Waals surface area contributed by atoms with E-state index in [1.54, 1.807) is 29.9 Å². The average molecular weight is 444 g/mol. The maximum absolute atomic E-state index is 13.0. The molecule has 0 spiro atoms. The van der Waals surface area contributed by atoms with Gasteiger partial charge in [0.05, 0.1) is 33.1 Å². The summed E-state index contributed by atoms with van der Waals surface area (Å²) in [6.45, 7) is 0. The number of H-pyrrole nitrogens is 1. The molecule has 1 aliphatic heterocycles. The molecular weight excluding hydrogens is 430 g/mol. The van der Waals surface area contributed by atoms with Gasteiger partial charge in [0.15, 0.2) is 10.8 Å². The molecule has 29 heavy (non-hydrogen) atoms. The van der Waals surface area contributed by atoms with Gasteiger partial charge in [0, 0.05) is 12.6 Å². The quantitative estimate of drug-likeness (QED) is 0.450. The van der Waals surface area contributed by atoms with Gasteiger partial charge >= 0.3 is 0 Å². The first-order valence-corrected chi connectivity index (χ1v) is 11.0. The summed E-state index contributed by atoms with van der Waals surface area (Å²) in [5.74, 6) is 0.794. The van der Waals surface area contributed by atoms with E-state index in [-0.39, 0.29) is 17.7 Å². The number of aromatic amines is 1. The Morgan fingerprint density at radius 2 is 2.34 bits per heavy atom. The average Bonchev–Trinajstić information content (AvgIpc) is 3.51. The minimum absolute atomic E-state index is 0.116. The summed E-state index contributed by atoms with van der Waals surface area (Å²) in [6, 6.07) is 9.20. The van der Waals surface area contributed by atoms with Crippen LogP contribution in [0, 0.1) is 0 Å². The van der Waals surface area contributed by atoms with Crippen molar-refractivity contribution < 1.29 is 9.21 Å². The van der Waals surface area contributed by atoms with Crippen molar-refractivity contribution in [3.05, 3.63) is 63.8 Å². The second kappa shape index (κ2) is 7.66. The molecule has 146 valence electrons. The van der Waals surface area contributed by atoms with E-state index in [0.717, 1.165) is 21.9 Å². The number of carbonyl (C=O) groups excluding carboxylic acids is 1. The van der Waals surface area contributed by atoms with Crippen LogP contribution in [-0.2, 0) is 4.79 Å². The van der Waals surface area contributed by atoms with Gasteiger partial charge in [-0.05, 0) is 29.6 Å². The fourth-order valence-electron chi connectivity index (χ4n) is 3.15. The lowest BCUT2D eigenvalue weighted by atomic mass is 10.1. The third-order valence-corrected chi connectivity index (χ3v) is 6.44. The lowest BCUT2D eigenvalue weighted by Gasteiger charge is -2.19. The third kappa shape index (κ3) is 3.68. The number of nitrogens with one attached hydrogen (secondary N) is 1. The predicted molar refractivity (Wildman–Crippen MR) is 113 cm³/mol. The summed E-state index contributed by atoms with van der Waals surface area (Å²) in [6.07, 6.45) is 3.78. The van der Waals surface area contributed by atoms with Gasteiger partial charge in [-0.1, -0.05) is 29.4 Å². The zero-order chi connectivity index (χ0) is 19.8. The molecular formula is C19H14ClN5O2S2. The monoisotopic (exact) mass is 443 g/mol. The molecule has 7 nitrogen and oxygen atoms in total. The van der Waals surface area contributed by atoms with Gasteiger partial charge in [0.1, 0.15) is 11.8 Å². The lowest BCUT2D eigenvalue weighted by molar-refractivity contribution is -0.130. The molecule has 0 bridgehead atoms. The van der Waals surface area contributed by atoms with Crippen molar-refractivity contribution in [3.8, 4) is 0 Å². The molecule has 5 rings (SSSR count). The molecule has 0 saturated heterocycles. The number of rotatable bonds is 5. The van der Waals surface area contributed by atoms with Crippen LogP contribution in [0.3, 0.4) is 0 Å². The van der Waals surface area contributed by atoms with E-state index in [9.17, 15) is 4.79 Å². The summed E-state index contributed by atoms with van der Waals surface area (Å²) in [5.41, 5.74) is 2.19. The van der Waals surface area contributed by atoms with E-state index in [1.807, 2.05) is 29.6 Å². The van der Waals surface area contributed by atoms with Gasteiger partial charge in [-0.2, -0.15) is 5.10 Å². The molecule has 1 N–H and O–H groups in total. The minimum Gasteiger partial charge on any atom is -0.467 e. The number of hydrogen-bond donors (Lipinski definition) is 1. The molecule has 1 unspecified atom stereocenters. The van der Waals surface area contributed by atoms with Crippen LogP contribution in [-0.4, -0.2) is 37.3 Å². The first-order valence-electron chi connectivity index (χ1n) is 8.78.